The lowest BCUT2D eigenvalue weighted by atomic mass is 10.2. The Bertz CT molecular complexity index is 312. The van der Waals surface area contributed by atoms with E-state index in [1.165, 1.54) is 4.90 Å². The van der Waals surface area contributed by atoms with Crippen molar-refractivity contribution in [3.8, 4) is 0 Å². The zero-order valence-corrected chi connectivity index (χ0v) is 9.84. The van der Waals surface area contributed by atoms with E-state index in [1.807, 2.05) is 6.92 Å². The first-order chi connectivity index (χ1) is 7.06. The minimum Gasteiger partial charge on any atom is -0.450 e. The predicted molar refractivity (Wildman–Crippen MR) is 59.9 cm³/mol. The van der Waals surface area contributed by atoms with Crippen LogP contribution in [0.4, 0.5) is 4.79 Å². The van der Waals surface area contributed by atoms with Crippen molar-refractivity contribution in [2.75, 3.05) is 19.7 Å². The number of carbonyl (C=O) groups excluding carboxylic acids is 2. The number of hydrogen-bond donors (Lipinski definition) is 1. The van der Waals surface area contributed by atoms with Gasteiger partial charge in [0, 0.05) is 11.4 Å². The maximum absolute atomic E-state index is 11.6. The Morgan fingerprint density at radius 3 is 2.87 bits per heavy atom. The molecule has 0 aromatic rings. The van der Waals surface area contributed by atoms with Crippen molar-refractivity contribution in [1.29, 1.82) is 0 Å². The lowest BCUT2D eigenvalue weighted by molar-refractivity contribution is -0.115. The smallest absolute Gasteiger partial charge is 0.410 e. The zero-order valence-electron chi connectivity index (χ0n) is 8.95. The van der Waals surface area contributed by atoms with Crippen LogP contribution in [0.2, 0.25) is 0 Å². The molecule has 0 fully saturated rings. The molecule has 84 valence electrons. The second kappa shape index (κ2) is 5.21. The first-order valence-electron chi connectivity index (χ1n) is 4.89. The Morgan fingerprint density at radius 2 is 2.27 bits per heavy atom. The Balaban J connectivity index is 2.69. The van der Waals surface area contributed by atoms with Crippen LogP contribution in [-0.2, 0) is 9.53 Å². The normalized spacial score (nSPS) is 17.8. The van der Waals surface area contributed by atoms with Crippen molar-refractivity contribution in [3.63, 3.8) is 0 Å². The summed E-state index contributed by atoms with van der Waals surface area (Å²) in [4.78, 5) is 24.9. The highest BCUT2D eigenvalue weighted by Gasteiger charge is 2.23. The molecule has 0 spiro atoms. The Labute approximate surface area is 94.7 Å². The van der Waals surface area contributed by atoms with Gasteiger partial charge in [0.05, 0.1) is 13.2 Å². The van der Waals surface area contributed by atoms with Gasteiger partial charge in [-0.3, -0.25) is 4.79 Å². The minimum atomic E-state index is -0.429. The maximum Gasteiger partial charge on any atom is 0.410 e. The molecule has 1 amide bonds. The Kier molecular flexibility index (Phi) is 4.20. The summed E-state index contributed by atoms with van der Waals surface area (Å²) in [7, 11) is 0. The highest BCUT2D eigenvalue weighted by Crippen LogP contribution is 2.18. The third-order valence-electron chi connectivity index (χ3n) is 2.29. The van der Waals surface area contributed by atoms with Crippen LogP contribution in [0, 0.1) is 0 Å². The molecule has 1 rings (SSSR count). The minimum absolute atomic E-state index is 0.0645. The number of nitrogens with zero attached hydrogens (tertiary/aromatic N) is 1. The molecule has 1 aliphatic heterocycles. The van der Waals surface area contributed by atoms with Gasteiger partial charge in [-0.2, -0.15) is 0 Å². The van der Waals surface area contributed by atoms with Crippen molar-refractivity contribution in [2.24, 2.45) is 0 Å². The van der Waals surface area contributed by atoms with E-state index in [-0.39, 0.29) is 12.3 Å². The van der Waals surface area contributed by atoms with E-state index in [0.29, 0.717) is 24.5 Å². The fourth-order valence-corrected chi connectivity index (χ4v) is 1.54. The average molecular weight is 229 g/mol. The van der Waals surface area contributed by atoms with Crippen molar-refractivity contribution in [1.82, 2.24) is 4.90 Å². The van der Waals surface area contributed by atoms with Crippen molar-refractivity contribution in [2.45, 2.75) is 20.3 Å². The van der Waals surface area contributed by atoms with E-state index >= 15 is 0 Å². The monoisotopic (exact) mass is 229 g/mol. The molecular weight excluding hydrogens is 214 g/mol. The first-order valence-corrected chi connectivity index (χ1v) is 5.34. The first kappa shape index (κ1) is 12.1. The molecule has 15 heavy (non-hydrogen) atoms. The molecular formula is C10H15NO3S. The van der Waals surface area contributed by atoms with Crippen LogP contribution in [-0.4, -0.2) is 36.5 Å². The van der Waals surface area contributed by atoms with Gasteiger partial charge in [-0.1, -0.05) is 5.57 Å². The number of amides is 1. The highest BCUT2D eigenvalue weighted by atomic mass is 32.1. The number of hydrogen-bond acceptors (Lipinski definition) is 4. The molecule has 0 atom stereocenters. The van der Waals surface area contributed by atoms with Gasteiger partial charge in [0.2, 0.25) is 0 Å². The standard InChI is InChI=1S/C10H15NO3S/c1-3-14-10(13)11-5-4-7(2)9(15)8(12)6-11/h15H,3-6H2,1-2H3. The number of rotatable bonds is 1. The Hall–Kier alpha value is -0.970. The summed E-state index contributed by atoms with van der Waals surface area (Å²) in [5, 5.41) is 0. The van der Waals surface area contributed by atoms with E-state index in [4.69, 9.17) is 4.74 Å². The van der Waals surface area contributed by atoms with Crippen LogP contribution in [0.1, 0.15) is 20.3 Å². The third-order valence-corrected chi connectivity index (χ3v) is 2.92. The molecule has 0 aromatic carbocycles. The zero-order chi connectivity index (χ0) is 11.4. The summed E-state index contributed by atoms with van der Waals surface area (Å²) >= 11 is 4.13. The molecule has 0 aromatic heterocycles. The summed E-state index contributed by atoms with van der Waals surface area (Å²) in [6, 6.07) is 0. The average Bonchev–Trinajstić information content (AvgIpc) is 2.32. The molecule has 0 unspecified atom stereocenters. The van der Waals surface area contributed by atoms with Gasteiger partial charge < -0.3 is 9.64 Å². The molecule has 0 aliphatic carbocycles. The van der Waals surface area contributed by atoms with E-state index in [2.05, 4.69) is 12.6 Å². The maximum atomic E-state index is 11.6. The summed E-state index contributed by atoms with van der Waals surface area (Å²) in [5.41, 5.74) is 0.926. The van der Waals surface area contributed by atoms with Gasteiger partial charge in [0.15, 0.2) is 5.78 Å². The number of ketones is 1. The van der Waals surface area contributed by atoms with Crippen molar-refractivity contribution in [3.05, 3.63) is 10.5 Å². The van der Waals surface area contributed by atoms with Crippen LogP contribution in [0.15, 0.2) is 10.5 Å². The molecule has 4 nitrogen and oxygen atoms in total. The largest absolute Gasteiger partial charge is 0.450 e. The molecule has 1 heterocycles. The second-order valence-electron chi connectivity index (χ2n) is 3.42. The summed E-state index contributed by atoms with van der Waals surface area (Å²) in [6.07, 6.45) is 0.241. The van der Waals surface area contributed by atoms with Gasteiger partial charge in [-0.15, -0.1) is 12.6 Å². The number of Topliss-reactive ketones (excluding diaryl/α,β-unsaturated/α-hetero) is 1. The van der Waals surface area contributed by atoms with Gasteiger partial charge in [0.25, 0.3) is 0 Å². The van der Waals surface area contributed by atoms with Gasteiger partial charge in [-0.25, -0.2) is 4.79 Å². The van der Waals surface area contributed by atoms with E-state index < -0.39 is 6.09 Å². The SMILES string of the molecule is CCOC(=O)N1CCC(C)=C(S)C(=O)C1. The molecule has 0 saturated heterocycles. The fraction of sp³-hybridized carbons (Fsp3) is 0.600. The lowest BCUT2D eigenvalue weighted by Gasteiger charge is -2.18. The van der Waals surface area contributed by atoms with E-state index in [0.717, 1.165) is 5.57 Å². The molecule has 5 heteroatoms. The molecule has 0 radical (unpaired) electrons. The molecule has 0 N–H and O–H groups in total. The fourth-order valence-electron chi connectivity index (χ4n) is 1.36. The molecule has 1 aliphatic rings. The second-order valence-corrected chi connectivity index (χ2v) is 3.87. The van der Waals surface area contributed by atoms with Crippen LogP contribution >= 0.6 is 12.6 Å². The number of ether oxygens (including phenoxy) is 1. The topological polar surface area (TPSA) is 46.6 Å². The van der Waals surface area contributed by atoms with Gasteiger partial charge in [-0.05, 0) is 20.3 Å². The van der Waals surface area contributed by atoms with Crippen molar-refractivity contribution < 1.29 is 14.3 Å². The van der Waals surface area contributed by atoms with Crippen LogP contribution in [0.25, 0.3) is 0 Å². The number of carbonyl (C=O) groups is 2. The van der Waals surface area contributed by atoms with Crippen LogP contribution in [0.3, 0.4) is 0 Å². The van der Waals surface area contributed by atoms with E-state index in [9.17, 15) is 9.59 Å². The third kappa shape index (κ3) is 2.99. The van der Waals surface area contributed by atoms with Gasteiger partial charge >= 0.3 is 6.09 Å². The molecule has 0 saturated carbocycles. The van der Waals surface area contributed by atoms with Gasteiger partial charge in [0.1, 0.15) is 0 Å². The van der Waals surface area contributed by atoms with Crippen molar-refractivity contribution >= 4 is 24.5 Å². The lowest BCUT2D eigenvalue weighted by Crippen LogP contribution is -2.35. The van der Waals surface area contributed by atoms with E-state index in [1.54, 1.807) is 6.92 Å². The predicted octanol–water partition coefficient (Wildman–Crippen LogP) is 1.62. The summed E-state index contributed by atoms with van der Waals surface area (Å²) in [5.74, 6) is -0.124. The highest BCUT2D eigenvalue weighted by molar-refractivity contribution is 7.85. The van der Waals surface area contributed by atoms with Crippen LogP contribution < -0.4 is 0 Å². The molecule has 0 bridgehead atoms. The summed E-state index contributed by atoms with van der Waals surface area (Å²) in [6.45, 7) is 4.50. The quantitative estimate of drug-likeness (QED) is 0.695. The Morgan fingerprint density at radius 1 is 1.60 bits per heavy atom. The number of thiol groups is 1. The van der Waals surface area contributed by atoms with Crippen LogP contribution in [0.5, 0.6) is 0 Å². The summed E-state index contributed by atoms with van der Waals surface area (Å²) < 4.78 is 4.85.